The number of para-hydroxylation sites is 1. The zero-order chi connectivity index (χ0) is 39.2. The van der Waals surface area contributed by atoms with Gasteiger partial charge in [0.1, 0.15) is 33.2 Å². The number of aromatic nitrogens is 2. The van der Waals surface area contributed by atoms with E-state index in [1.165, 1.54) is 53.0 Å². The maximum atomic E-state index is 14.4. The number of urea groups is 1. The molecule has 2 heterocycles. The number of alkyl carbamates (subject to hydrolysis) is 1. The third-order valence-corrected chi connectivity index (χ3v) is 9.88. The number of nitrogens with one attached hydrogen (secondary N) is 2. The molecule has 1 saturated heterocycles. The van der Waals surface area contributed by atoms with Crippen LogP contribution in [0.15, 0.2) is 71.5 Å². The van der Waals surface area contributed by atoms with Crippen LogP contribution in [0.1, 0.15) is 28.1 Å². The number of anilines is 2. The van der Waals surface area contributed by atoms with Gasteiger partial charge in [-0.3, -0.25) is 14.5 Å². The van der Waals surface area contributed by atoms with Gasteiger partial charge in [-0.25, -0.2) is 32.1 Å². The van der Waals surface area contributed by atoms with Gasteiger partial charge in [0, 0.05) is 34.0 Å². The van der Waals surface area contributed by atoms with Crippen LogP contribution in [0.5, 0.6) is 11.5 Å². The second-order valence-electron chi connectivity index (χ2n) is 12.5. The van der Waals surface area contributed by atoms with Crippen LogP contribution in [0.3, 0.4) is 0 Å². The van der Waals surface area contributed by atoms with Crippen molar-refractivity contribution in [2.75, 3.05) is 74.7 Å². The second-order valence-corrected chi connectivity index (χ2v) is 14.8. The van der Waals surface area contributed by atoms with E-state index in [9.17, 15) is 32.0 Å². The summed E-state index contributed by atoms with van der Waals surface area (Å²) in [6, 6.07) is 14.2. The summed E-state index contributed by atoms with van der Waals surface area (Å²) in [5.41, 5.74) is 0.596. The van der Waals surface area contributed by atoms with Crippen molar-refractivity contribution in [2.24, 2.45) is 0 Å². The standard InChI is InChI=1S/C36H42FN7O9S.2H2/c1-23(43(30-15-14-26(51-2)22-31(30)52-3)35(47)38-25-12-10-24(37)11-13-25)32-39-28-9-7-6-8-27(28)33(45)44(32)42-19-17-41(18-20-42)34(46)29(40-36(48)53-4)16-21-54(5,49)50;;/h6-15,22-23,29H,16-21H2,1-5H3,(H,38,47)(H,40,48);2*1H/t23?,29-;;/m0../s1. The third-order valence-electron chi connectivity index (χ3n) is 8.90. The molecule has 0 spiro atoms. The van der Waals surface area contributed by atoms with Crippen LogP contribution in [0, 0.1) is 5.82 Å². The van der Waals surface area contributed by atoms with Crippen molar-refractivity contribution in [2.45, 2.75) is 25.4 Å². The lowest BCUT2D eigenvalue weighted by Crippen LogP contribution is -2.59. The zero-order valence-corrected chi connectivity index (χ0v) is 31.3. The molecule has 0 radical (unpaired) electrons. The number of piperazine rings is 1. The molecular weight excluding hydrogens is 726 g/mol. The molecule has 18 heteroatoms. The van der Waals surface area contributed by atoms with E-state index in [1.807, 2.05) is 0 Å². The number of fused-ring (bicyclic) bond motifs is 1. The van der Waals surface area contributed by atoms with Crippen LogP contribution in [0.2, 0.25) is 0 Å². The Morgan fingerprint density at radius 2 is 1.67 bits per heavy atom. The van der Waals surface area contributed by atoms with Gasteiger partial charge in [-0.2, -0.15) is 0 Å². The lowest BCUT2D eigenvalue weighted by Gasteiger charge is -2.40. The quantitative estimate of drug-likeness (QED) is 0.214. The first-order chi connectivity index (χ1) is 25.7. The largest absolute Gasteiger partial charge is 0.497 e. The Hall–Kier alpha value is -5.91. The molecule has 16 nitrogen and oxygen atoms in total. The summed E-state index contributed by atoms with van der Waals surface area (Å²) < 4.78 is 54.6. The molecule has 0 saturated carbocycles. The fraction of sp³-hybridized carbons (Fsp3) is 0.361. The SMILES string of the molecule is COC(=O)N[C@@H](CCS(C)(=O)=O)C(=O)N1CCN(n2c(C(C)N(C(=O)Nc3ccc(F)cc3)c3ccc(OC)cc3OC)nc3ccccc3c2=O)CC1.[HH].[HH]. The van der Waals surface area contributed by atoms with E-state index in [2.05, 4.69) is 15.4 Å². The van der Waals surface area contributed by atoms with Gasteiger partial charge in [0.2, 0.25) is 5.91 Å². The van der Waals surface area contributed by atoms with E-state index in [1.54, 1.807) is 54.4 Å². The molecule has 1 aromatic heterocycles. The number of halogens is 1. The highest BCUT2D eigenvalue weighted by Gasteiger charge is 2.34. The van der Waals surface area contributed by atoms with E-state index < -0.39 is 51.3 Å². The maximum Gasteiger partial charge on any atom is 0.407 e. The number of methoxy groups -OCH3 is 3. The van der Waals surface area contributed by atoms with Crippen LogP contribution in [-0.2, 0) is 19.4 Å². The Morgan fingerprint density at radius 3 is 2.30 bits per heavy atom. The summed E-state index contributed by atoms with van der Waals surface area (Å²) in [5, 5.41) is 7.27. The highest BCUT2D eigenvalue weighted by atomic mass is 32.2. The lowest BCUT2D eigenvalue weighted by molar-refractivity contribution is -0.133. The molecule has 1 fully saturated rings. The number of sulfone groups is 1. The van der Waals surface area contributed by atoms with Crippen molar-refractivity contribution in [1.82, 2.24) is 19.9 Å². The number of benzene rings is 3. The number of carbonyl (C=O) groups excluding carboxylic acids is 3. The number of hydrogen-bond donors (Lipinski definition) is 2. The number of hydrogen-bond acceptors (Lipinski definition) is 11. The molecule has 0 aliphatic carbocycles. The molecule has 5 rings (SSSR count). The van der Waals surface area contributed by atoms with Crippen molar-refractivity contribution in [1.29, 1.82) is 0 Å². The molecule has 0 bridgehead atoms. The molecule has 1 aliphatic rings. The minimum atomic E-state index is -3.45. The van der Waals surface area contributed by atoms with E-state index >= 15 is 0 Å². The highest BCUT2D eigenvalue weighted by Crippen LogP contribution is 2.37. The van der Waals surface area contributed by atoms with Gasteiger partial charge in [-0.15, -0.1) is 0 Å². The maximum absolute atomic E-state index is 14.4. The highest BCUT2D eigenvalue weighted by molar-refractivity contribution is 7.90. The van der Waals surface area contributed by atoms with E-state index in [0.717, 1.165) is 13.4 Å². The van der Waals surface area contributed by atoms with Crippen LogP contribution in [0.4, 0.5) is 25.4 Å². The lowest BCUT2D eigenvalue weighted by atomic mass is 10.1. The molecule has 4 amide bonds. The van der Waals surface area contributed by atoms with Crippen molar-refractivity contribution in [3.8, 4) is 11.5 Å². The minimum Gasteiger partial charge on any atom is -0.497 e. The van der Waals surface area contributed by atoms with Gasteiger partial charge in [-0.1, -0.05) is 12.1 Å². The van der Waals surface area contributed by atoms with Gasteiger partial charge in [0.15, 0.2) is 5.82 Å². The molecule has 1 unspecified atom stereocenters. The van der Waals surface area contributed by atoms with Gasteiger partial charge in [0.25, 0.3) is 5.56 Å². The molecule has 4 aromatic rings. The van der Waals surface area contributed by atoms with Crippen LogP contribution in [0.25, 0.3) is 10.9 Å². The smallest absolute Gasteiger partial charge is 0.407 e. The Morgan fingerprint density at radius 1 is 0.981 bits per heavy atom. The summed E-state index contributed by atoms with van der Waals surface area (Å²) in [4.78, 5) is 62.0. The predicted molar refractivity (Wildman–Crippen MR) is 204 cm³/mol. The molecule has 54 heavy (non-hydrogen) atoms. The van der Waals surface area contributed by atoms with Gasteiger partial charge in [0.05, 0.1) is 62.8 Å². The Bertz CT molecular complexity index is 2190. The Labute approximate surface area is 314 Å². The fourth-order valence-electron chi connectivity index (χ4n) is 6.12. The molecule has 1 aliphatic heterocycles. The van der Waals surface area contributed by atoms with Crippen molar-refractivity contribution >= 4 is 50.1 Å². The minimum absolute atomic E-state index is 0. The first-order valence-corrected chi connectivity index (χ1v) is 19.0. The summed E-state index contributed by atoms with van der Waals surface area (Å²) in [7, 11) is 0.626. The topological polar surface area (TPSA) is 182 Å². The van der Waals surface area contributed by atoms with E-state index in [-0.39, 0.29) is 52.8 Å². The van der Waals surface area contributed by atoms with Crippen molar-refractivity contribution < 1.29 is 44.3 Å². The molecule has 2 N–H and O–H groups in total. The molecule has 292 valence electrons. The van der Waals surface area contributed by atoms with Crippen LogP contribution >= 0.6 is 0 Å². The average Bonchev–Trinajstić information content (AvgIpc) is 3.16. The number of carbonyl (C=O) groups is 3. The molecule has 3 aromatic carbocycles. The van der Waals surface area contributed by atoms with Crippen molar-refractivity contribution in [3.63, 3.8) is 0 Å². The van der Waals surface area contributed by atoms with Crippen LogP contribution in [-0.4, -0.2) is 107 Å². The number of nitrogens with zero attached hydrogens (tertiary/aromatic N) is 5. The predicted octanol–water partition coefficient (Wildman–Crippen LogP) is 3.78. The Kier molecular flexibility index (Phi) is 12.3. The monoisotopic (exact) mass is 771 g/mol. The summed E-state index contributed by atoms with van der Waals surface area (Å²) in [6.45, 7) is 2.17. The average molecular weight is 772 g/mol. The second kappa shape index (κ2) is 16.8. The van der Waals surface area contributed by atoms with E-state index in [0.29, 0.717) is 28.0 Å². The molecule has 2 atom stereocenters. The molecular formula is C36H46FN7O9S. The summed E-state index contributed by atoms with van der Waals surface area (Å²) in [6.07, 6.45) is -0.000230. The summed E-state index contributed by atoms with van der Waals surface area (Å²) >= 11 is 0. The number of rotatable bonds is 12. The summed E-state index contributed by atoms with van der Waals surface area (Å²) in [5.74, 6) is -0.387. The first-order valence-electron chi connectivity index (χ1n) is 16.9. The van der Waals surface area contributed by atoms with Crippen LogP contribution < -0.4 is 35.6 Å². The zero-order valence-electron chi connectivity index (χ0n) is 30.4. The van der Waals surface area contributed by atoms with Crippen molar-refractivity contribution in [3.05, 3.63) is 88.7 Å². The van der Waals surface area contributed by atoms with Gasteiger partial charge in [-0.05, 0) is 61.9 Å². The van der Waals surface area contributed by atoms with E-state index in [4.69, 9.17) is 14.5 Å². The first kappa shape index (κ1) is 39.3. The Balaban J connectivity index is 0.00000420. The fourth-order valence-corrected chi connectivity index (χ4v) is 6.79. The normalized spacial score (nSPS) is 14.2. The van der Waals surface area contributed by atoms with Gasteiger partial charge >= 0.3 is 12.1 Å². The third kappa shape index (κ3) is 8.99. The number of amides is 4. The van der Waals surface area contributed by atoms with Gasteiger partial charge < -0.3 is 34.8 Å². The number of ether oxygens (including phenoxy) is 3.